The Labute approximate surface area is 208 Å². The van der Waals surface area contributed by atoms with Crippen molar-refractivity contribution in [2.75, 3.05) is 11.4 Å². The average molecular weight is 492 g/mol. The van der Waals surface area contributed by atoms with Crippen LogP contribution in [-0.4, -0.2) is 36.1 Å². The Morgan fingerprint density at radius 2 is 1.64 bits per heavy atom. The van der Waals surface area contributed by atoms with E-state index in [1.54, 1.807) is 42.5 Å². The topological polar surface area (TPSA) is 122 Å². The summed E-state index contributed by atoms with van der Waals surface area (Å²) >= 11 is 0. The third-order valence-electron chi connectivity index (χ3n) is 6.24. The predicted molar refractivity (Wildman–Crippen MR) is 131 cm³/mol. The maximum absolute atomic E-state index is 13.6. The molecule has 1 aliphatic rings. The number of carbonyl (C=O) groups excluding carboxylic acids is 4. The smallest absolute Gasteiger partial charge is 0.287 e. The van der Waals surface area contributed by atoms with E-state index in [-0.39, 0.29) is 35.8 Å². The summed E-state index contributed by atoms with van der Waals surface area (Å²) in [5.74, 6) is -1.24. The van der Waals surface area contributed by atoms with Crippen LogP contribution >= 0.6 is 0 Å². The second-order valence-electron chi connectivity index (χ2n) is 8.79. The lowest BCUT2D eigenvalue weighted by Gasteiger charge is -2.32. The summed E-state index contributed by atoms with van der Waals surface area (Å²) in [6, 6.07) is 11.6. The number of rotatable bonds is 9. The van der Waals surface area contributed by atoms with Gasteiger partial charge < -0.3 is 19.5 Å². The van der Waals surface area contributed by atoms with Gasteiger partial charge in [0, 0.05) is 17.3 Å². The van der Waals surface area contributed by atoms with Crippen molar-refractivity contribution in [1.82, 2.24) is 10.6 Å². The minimum absolute atomic E-state index is 0.0133. The van der Waals surface area contributed by atoms with E-state index in [0.29, 0.717) is 11.3 Å². The van der Waals surface area contributed by atoms with Gasteiger partial charge in [0.15, 0.2) is 17.6 Å². The Bertz CT molecular complexity index is 1180. The molecule has 2 N–H and O–H groups in total. The van der Waals surface area contributed by atoms with E-state index in [0.717, 1.165) is 32.1 Å². The highest BCUT2D eigenvalue weighted by Crippen LogP contribution is 2.30. The van der Waals surface area contributed by atoms with Crippen LogP contribution in [0.3, 0.4) is 0 Å². The Morgan fingerprint density at radius 1 is 0.944 bits per heavy atom. The molecule has 2 heterocycles. The molecule has 1 fully saturated rings. The summed E-state index contributed by atoms with van der Waals surface area (Å²) in [5.41, 5.74) is 0.857. The molecular weight excluding hydrogens is 462 g/mol. The Balaban J connectivity index is 1.65. The van der Waals surface area contributed by atoms with Crippen molar-refractivity contribution in [2.45, 2.75) is 51.1 Å². The van der Waals surface area contributed by atoms with E-state index in [4.69, 9.17) is 8.83 Å². The molecular formula is C27H29N3O6. The molecule has 0 unspecified atom stereocenters. The van der Waals surface area contributed by atoms with Crippen molar-refractivity contribution in [1.29, 1.82) is 0 Å². The largest absolute Gasteiger partial charge is 0.467 e. The van der Waals surface area contributed by atoms with Gasteiger partial charge in [-0.1, -0.05) is 19.3 Å². The fourth-order valence-electron chi connectivity index (χ4n) is 4.38. The van der Waals surface area contributed by atoms with Gasteiger partial charge in [0.2, 0.25) is 5.91 Å². The maximum Gasteiger partial charge on any atom is 0.287 e. The average Bonchev–Trinajstić information content (AvgIpc) is 3.61. The molecule has 9 heteroatoms. The summed E-state index contributed by atoms with van der Waals surface area (Å²) in [4.78, 5) is 52.6. The Morgan fingerprint density at radius 3 is 2.25 bits per heavy atom. The molecule has 1 aromatic carbocycles. The molecule has 0 aliphatic heterocycles. The normalized spacial score (nSPS) is 14.6. The van der Waals surface area contributed by atoms with Crippen molar-refractivity contribution in [3.63, 3.8) is 0 Å². The van der Waals surface area contributed by atoms with Gasteiger partial charge in [-0.25, -0.2) is 0 Å². The number of carbonyl (C=O) groups is 4. The zero-order valence-corrected chi connectivity index (χ0v) is 20.1. The summed E-state index contributed by atoms with van der Waals surface area (Å²) in [7, 11) is 0. The van der Waals surface area contributed by atoms with Gasteiger partial charge in [-0.05, 0) is 68.3 Å². The van der Waals surface area contributed by atoms with Gasteiger partial charge >= 0.3 is 0 Å². The van der Waals surface area contributed by atoms with Crippen molar-refractivity contribution in [3.05, 3.63) is 78.1 Å². The first-order valence-electron chi connectivity index (χ1n) is 12.0. The molecule has 3 aromatic rings. The molecule has 36 heavy (non-hydrogen) atoms. The molecule has 0 spiro atoms. The molecule has 9 nitrogen and oxygen atoms in total. The van der Waals surface area contributed by atoms with Gasteiger partial charge in [-0.3, -0.25) is 24.1 Å². The summed E-state index contributed by atoms with van der Waals surface area (Å²) in [5, 5.41) is 5.62. The second-order valence-corrected chi connectivity index (χ2v) is 8.79. The fraction of sp³-hybridized carbons (Fsp3) is 0.333. The van der Waals surface area contributed by atoms with Crippen molar-refractivity contribution < 1.29 is 28.0 Å². The molecule has 1 aliphatic carbocycles. The number of benzene rings is 1. The van der Waals surface area contributed by atoms with Crippen molar-refractivity contribution >= 4 is 29.2 Å². The van der Waals surface area contributed by atoms with Gasteiger partial charge in [0.05, 0.1) is 19.1 Å². The molecule has 0 bridgehead atoms. The first kappa shape index (κ1) is 25.0. The van der Waals surface area contributed by atoms with Gasteiger partial charge in [0.25, 0.3) is 11.8 Å². The fourth-order valence-corrected chi connectivity index (χ4v) is 4.38. The quantitative estimate of drug-likeness (QED) is 0.436. The van der Waals surface area contributed by atoms with E-state index in [1.165, 1.54) is 30.4 Å². The van der Waals surface area contributed by atoms with Crippen LogP contribution in [-0.2, 0) is 9.59 Å². The number of anilines is 1. The monoisotopic (exact) mass is 491 g/mol. The highest BCUT2D eigenvalue weighted by atomic mass is 16.3. The van der Waals surface area contributed by atoms with Crippen LogP contribution in [0.25, 0.3) is 0 Å². The van der Waals surface area contributed by atoms with Crippen molar-refractivity contribution in [2.24, 2.45) is 0 Å². The summed E-state index contributed by atoms with van der Waals surface area (Å²) in [6.45, 7) is 1.06. The van der Waals surface area contributed by atoms with Crippen LogP contribution in [0.2, 0.25) is 0 Å². The molecule has 4 rings (SSSR count). The van der Waals surface area contributed by atoms with Gasteiger partial charge in [0.1, 0.15) is 5.76 Å². The first-order chi connectivity index (χ1) is 17.4. The number of nitrogens with one attached hydrogen (secondary N) is 2. The minimum atomic E-state index is -1.11. The van der Waals surface area contributed by atoms with Crippen LogP contribution in [0.1, 0.15) is 71.7 Å². The van der Waals surface area contributed by atoms with Crippen LogP contribution in [0.5, 0.6) is 0 Å². The van der Waals surface area contributed by atoms with E-state index < -0.39 is 17.9 Å². The SMILES string of the molecule is CC(=O)c1ccc(N(C(=O)CNC(=O)c2ccco2)[C@@H](C(=O)NC2CCCCC2)c2ccco2)cc1. The number of amides is 3. The number of Topliss-reactive ketones (excluding diaryl/α,β-unsaturated/α-hetero) is 1. The predicted octanol–water partition coefficient (Wildman–Crippen LogP) is 4.03. The Kier molecular flexibility index (Phi) is 7.99. The van der Waals surface area contributed by atoms with Crippen molar-refractivity contribution in [3.8, 4) is 0 Å². The number of hydrogen-bond donors (Lipinski definition) is 2. The zero-order valence-electron chi connectivity index (χ0n) is 20.1. The number of nitrogens with zero attached hydrogens (tertiary/aromatic N) is 1. The van der Waals surface area contributed by atoms with Crippen LogP contribution in [0.15, 0.2) is 69.9 Å². The van der Waals surface area contributed by atoms with Crippen LogP contribution in [0.4, 0.5) is 5.69 Å². The number of ketones is 1. The lowest BCUT2D eigenvalue weighted by Crippen LogP contribution is -2.49. The minimum Gasteiger partial charge on any atom is -0.467 e. The molecule has 3 amide bonds. The van der Waals surface area contributed by atoms with E-state index >= 15 is 0 Å². The molecule has 1 saturated carbocycles. The van der Waals surface area contributed by atoms with Gasteiger partial charge in [-0.2, -0.15) is 0 Å². The zero-order chi connectivity index (χ0) is 25.5. The van der Waals surface area contributed by atoms with E-state index in [9.17, 15) is 19.2 Å². The lowest BCUT2D eigenvalue weighted by atomic mass is 9.95. The number of furan rings is 2. The maximum atomic E-state index is 13.6. The lowest BCUT2D eigenvalue weighted by molar-refractivity contribution is -0.127. The van der Waals surface area contributed by atoms with Gasteiger partial charge in [-0.15, -0.1) is 0 Å². The molecule has 0 saturated heterocycles. The second kappa shape index (κ2) is 11.5. The first-order valence-corrected chi connectivity index (χ1v) is 12.0. The molecule has 1 atom stereocenters. The van der Waals surface area contributed by atoms with E-state index in [1.807, 2.05) is 0 Å². The van der Waals surface area contributed by atoms with Crippen LogP contribution in [0, 0.1) is 0 Å². The highest BCUT2D eigenvalue weighted by Gasteiger charge is 2.36. The highest BCUT2D eigenvalue weighted by molar-refractivity contribution is 6.04. The third kappa shape index (κ3) is 5.91. The molecule has 2 aromatic heterocycles. The number of hydrogen-bond acceptors (Lipinski definition) is 6. The molecule has 188 valence electrons. The van der Waals surface area contributed by atoms with E-state index in [2.05, 4.69) is 10.6 Å². The summed E-state index contributed by atoms with van der Waals surface area (Å²) in [6.07, 6.45) is 7.75. The standard InChI is InChI=1S/C27H29N3O6/c1-18(31)19-11-13-21(14-12-19)30(24(32)17-28-26(33)23-10-6-16-36-23)25(22-9-5-15-35-22)27(34)29-20-7-3-2-4-8-20/h5-6,9-16,20,25H,2-4,7-8,17H2,1H3,(H,28,33)(H,29,34)/t25-/m1/s1. The Hall–Kier alpha value is -4.14. The third-order valence-corrected chi connectivity index (χ3v) is 6.24. The summed E-state index contributed by atoms with van der Waals surface area (Å²) < 4.78 is 10.7. The molecule has 0 radical (unpaired) electrons. The van der Waals surface area contributed by atoms with Crippen LogP contribution < -0.4 is 15.5 Å².